The van der Waals surface area contributed by atoms with Gasteiger partial charge in [-0.3, -0.25) is 14.4 Å². The highest BCUT2D eigenvalue weighted by Gasteiger charge is 2.72. The van der Waals surface area contributed by atoms with Crippen LogP contribution < -0.4 is 10.2 Å². The van der Waals surface area contributed by atoms with E-state index in [2.05, 4.69) is 37.2 Å². The summed E-state index contributed by atoms with van der Waals surface area (Å²) in [7, 11) is 0. The topological polar surface area (TPSA) is 104 Å². The fraction of sp³-hybridized carbons (Fsp3) is 0.125. The zero-order valence-electron chi connectivity index (χ0n) is 21.2. The molecule has 2 bridgehead atoms. The molecular formula is C32H20Br2N2O5. The van der Waals surface area contributed by atoms with Crippen LogP contribution in [-0.4, -0.2) is 28.8 Å². The Bertz CT molecular complexity index is 1710. The summed E-state index contributed by atoms with van der Waals surface area (Å²) in [6.07, 6.45) is 0. The average molecular weight is 672 g/mol. The highest BCUT2D eigenvalue weighted by Crippen LogP contribution is 2.70. The minimum absolute atomic E-state index is 0.0384. The van der Waals surface area contributed by atoms with E-state index >= 15 is 0 Å². The van der Waals surface area contributed by atoms with E-state index in [0.717, 1.165) is 22.3 Å². The summed E-state index contributed by atoms with van der Waals surface area (Å²) < 4.78 is -1.82. The number of imide groups is 1. The zero-order chi connectivity index (χ0) is 28.7. The molecule has 0 spiro atoms. The Hall–Kier alpha value is -4.08. The van der Waals surface area contributed by atoms with Crippen molar-refractivity contribution in [3.63, 3.8) is 0 Å². The molecule has 2 N–H and O–H groups in total. The van der Waals surface area contributed by atoms with Gasteiger partial charge in [0.2, 0.25) is 11.8 Å². The van der Waals surface area contributed by atoms with Crippen molar-refractivity contribution in [2.24, 2.45) is 11.8 Å². The number of carboxylic acids is 1. The molecule has 0 unspecified atom stereocenters. The first-order valence-corrected chi connectivity index (χ1v) is 14.5. The number of carbonyl (C=O) groups is 4. The number of carboxylic acid groups (broad SMARTS) is 1. The number of anilines is 2. The molecule has 1 saturated heterocycles. The van der Waals surface area contributed by atoms with Crippen LogP contribution in [0.5, 0.6) is 0 Å². The summed E-state index contributed by atoms with van der Waals surface area (Å²) in [5.74, 6) is -3.76. The SMILES string of the molecule is O=C(O)c1cccc(NC(=O)c2cccc(N3C(=O)[C@@H]4[C@@H](C3=O)C3(Br)c5ccccc5C4(Br)c4ccccc43)c2)c1. The number of hydrogen-bond donors (Lipinski definition) is 2. The largest absolute Gasteiger partial charge is 0.478 e. The number of carbonyl (C=O) groups excluding carboxylic acids is 3. The highest BCUT2D eigenvalue weighted by molar-refractivity contribution is 9.10. The molecule has 0 aromatic heterocycles. The normalized spacial score (nSPS) is 25.4. The number of nitrogens with one attached hydrogen (secondary N) is 1. The van der Waals surface area contributed by atoms with Crippen molar-refractivity contribution < 1.29 is 24.3 Å². The number of benzene rings is 4. The second-order valence-electron chi connectivity index (χ2n) is 10.4. The van der Waals surface area contributed by atoms with Crippen LogP contribution in [0.3, 0.4) is 0 Å². The Morgan fingerprint density at radius 2 is 1.17 bits per heavy atom. The van der Waals surface area contributed by atoms with E-state index in [1.807, 2.05) is 48.5 Å². The molecule has 9 heteroatoms. The third-order valence-corrected chi connectivity index (χ3v) is 11.0. The molecule has 4 aliphatic rings. The van der Waals surface area contributed by atoms with Crippen molar-refractivity contribution in [2.75, 3.05) is 10.2 Å². The zero-order valence-corrected chi connectivity index (χ0v) is 24.3. The fourth-order valence-corrected chi connectivity index (χ4v) is 8.94. The summed E-state index contributed by atoms with van der Waals surface area (Å²) in [5, 5.41) is 12.0. The van der Waals surface area contributed by atoms with Crippen molar-refractivity contribution in [2.45, 2.75) is 8.65 Å². The van der Waals surface area contributed by atoms with E-state index in [1.165, 1.54) is 29.2 Å². The molecule has 0 radical (unpaired) electrons. The third-order valence-electron chi connectivity index (χ3n) is 8.32. The summed E-state index contributed by atoms with van der Waals surface area (Å²) >= 11 is 7.99. The van der Waals surface area contributed by atoms with E-state index in [1.54, 1.807) is 24.3 Å². The molecular weight excluding hydrogens is 652 g/mol. The summed E-state index contributed by atoms with van der Waals surface area (Å²) in [5.41, 5.74) is 4.63. The predicted octanol–water partition coefficient (Wildman–Crippen LogP) is 6.05. The molecule has 4 aromatic carbocycles. The maximum absolute atomic E-state index is 14.3. The Morgan fingerprint density at radius 1 is 0.683 bits per heavy atom. The van der Waals surface area contributed by atoms with Crippen LogP contribution in [0.2, 0.25) is 0 Å². The quantitative estimate of drug-likeness (QED) is 0.203. The number of amides is 3. The van der Waals surface area contributed by atoms with Crippen LogP contribution in [0.25, 0.3) is 0 Å². The molecule has 1 heterocycles. The predicted molar refractivity (Wildman–Crippen MR) is 160 cm³/mol. The van der Waals surface area contributed by atoms with Crippen LogP contribution in [0.15, 0.2) is 97.1 Å². The number of alkyl halides is 2. The number of hydrogen-bond acceptors (Lipinski definition) is 4. The van der Waals surface area contributed by atoms with Crippen molar-refractivity contribution in [3.05, 3.63) is 130 Å². The standard InChI is InChI=1S/C32H20Br2N2O5/c33-31-21-11-1-2-12-22(21)32(34,24-14-4-3-13-23(24)31)26-25(31)28(38)36(29(26)39)20-10-6-7-17(16-20)27(37)35-19-9-5-8-18(15-19)30(40)41/h1-16,25-26H,(H,35,37)(H,40,41)/t25-,26-,31?,32?/m0/s1. The molecule has 41 heavy (non-hydrogen) atoms. The number of rotatable bonds is 4. The van der Waals surface area contributed by atoms with Crippen LogP contribution in [0.4, 0.5) is 11.4 Å². The van der Waals surface area contributed by atoms with Gasteiger partial charge in [0.05, 0.1) is 31.7 Å². The Balaban J connectivity index is 1.29. The van der Waals surface area contributed by atoms with Gasteiger partial charge in [0.15, 0.2) is 0 Å². The maximum atomic E-state index is 14.3. The van der Waals surface area contributed by atoms with Crippen LogP contribution >= 0.6 is 31.9 Å². The first kappa shape index (κ1) is 25.9. The van der Waals surface area contributed by atoms with E-state index in [-0.39, 0.29) is 22.9 Å². The van der Waals surface area contributed by atoms with Gasteiger partial charge in [0, 0.05) is 11.3 Å². The Morgan fingerprint density at radius 3 is 1.68 bits per heavy atom. The lowest BCUT2D eigenvalue weighted by Crippen LogP contribution is -2.56. The lowest BCUT2D eigenvalue weighted by atomic mass is 9.54. The molecule has 0 saturated carbocycles. The van der Waals surface area contributed by atoms with Gasteiger partial charge in [-0.25, -0.2) is 9.69 Å². The molecule has 1 fully saturated rings. The van der Waals surface area contributed by atoms with Gasteiger partial charge in [-0.15, -0.1) is 0 Å². The van der Waals surface area contributed by atoms with Crippen molar-refractivity contribution >= 4 is 66.9 Å². The Labute approximate surface area is 251 Å². The molecule has 4 aromatic rings. The smallest absolute Gasteiger partial charge is 0.335 e. The number of halogens is 2. The Kier molecular flexibility index (Phi) is 5.65. The van der Waals surface area contributed by atoms with Gasteiger partial charge in [-0.05, 0) is 58.7 Å². The van der Waals surface area contributed by atoms with E-state index in [9.17, 15) is 24.3 Å². The summed E-state index contributed by atoms with van der Waals surface area (Å²) in [6, 6.07) is 28.0. The van der Waals surface area contributed by atoms with Gasteiger partial charge in [0.1, 0.15) is 0 Å². The lowest BCUT2D eigenvalue weighted by Gasteiger charge is -2.55. The first-order chi connectivity index (χ1) is 19.7. The first-order valence-electron chi connectivity index (χ1n) is 12.9. The third kappa shape index (κ3) is 3.42. The van der Waals surface area contributed by atoms with Crippen LogP contribution in [0.1, 0.15) is 43.0 Å². The molecule has 8 rings (SSSR count). The highest BCUT2D eigenvalue weighted by atomic mass is 79.9. The molecule has 1 aliphatic heterocycles. The van der Waals surface area contributed by atoms with Gasteiger partial charge in [-0.2, -0.15) is 0 Å². The van der Waals surface area contributed by atoms with E-state index in [4.69, 9.17) is 0 Å². The van der Waals surface area contributed by atoms with Crippen LogP contribution in [-0.2, 0) is 18.2 Å². The summed E-state index contributed by atoms with van der Waals surface area (Å²) in [6.45, 7) is 0. The average Bonchev–Trinajstić information content (AvgIpc) is 3.27. The van der Waals surface area contributed by atoms with Gasteiger partial charge >= 0.3 is 5.97 Å². The van der Waals surface area contributed by atoms with Crippen molar-refractivity contribution in [1.82, 2.24) is 0 Å². The van der Waals surface area contributed by atoms with Gasteiger partial charge in [0.25, 0.3) is 5.91 Å². The minimum Gasteiger partial charge on any atom is -0.478 e. The second kappa shape index (κ2) is 8.96. The van der Waals surface area contributed by atoms with Crippen LogP contribution in [0, 0.1) is 11.8 Å². The molecule has 2 atom stereocenters. The van der Waals surface area contributed by atoms with E-state index in [0.29, 0.717) is 11.4 Å². The summed E-state index contributed by atoms with van der Waals surface area (Å²) in [4.78, 5) is 54.2. The number of aromatic carboxylic acids is 1. The van der Waals surface area contributed by atoms with Gasteiger partial charge < -0.3 is 10.4 Å². The van der Waals surface area contributed by atoms with Gasteiger partial charge in [-0.1, -0.05) is 92.5 Å². The monoisotopic (exact) mass is 670 g/mol. The van der Waals surface area contributed by atoms with Crippen molar-refractivity contribution in [3.8, 4) is 0 Å². The molecule has 3 amide bonds. The lowest BCUT2D eigenvalue weighted by molar-refractivity contribution is -0.122. The minimum atomic E-state index is -1.11. The number of nitrogens with zero attached hydrogens (tertiary/aromatic N) is 1. The molecule has 202 valence electrons. The molecule has 7 nitrogen and oxygen atoms in total. The van der Waals surface area contributed by atoms with Crippen molar-refractivity contribution in [1.29, 1.82) is 0 Å². The van der Waals surface area contributed by atoms with E-state index < -0.39 is 32.4 Å². The fourth-order valence-electron chi connectivity index (χ4n) is 6.64. The molecule has 3 aliphatic carbocycles. The second-order valence-corrected chi connectivity index (χ2v) is 12.9. The maximum Gasteiger partial charge on any atom is 0.335 e.